The Bertz CT molecular complexity index is 501. The second-order valence-electron chi connectivity index (χ2n) is 4.05. The zero-order chi connectivity index (χ0) is 15.3. The van der Waals surface area contributed by atoms with E-state index in [4.69, 9.17) is 32.7 Å². The van der Waals surface area contributed by atoms with E-state index in [2.05, 4.69) is 4.98 Å². The quantitative estimate of drug-likeness (QED) is 0.616. The van der Waals surface area contributed by atoms with Crippen LogP contribution in [0.1, 0.15) is 26.5 Å². The van der Waals surface area contributed by atoms with Gasteiger partial charge in [0.2, 0.25) is 5.41 Å². The minimum absolute atomic E-state index is 0.0560. The molecule has 0 spiro atoms. The normalized spacial score (nSPS) is 11.1. The van der Waals surface area contributed by atoms with Crippen LogP contribution in [0.5, 0.6) is 0 Å². The van der Waals surface area contributed by atoms with Crippen LogP contribution in [0.2, 0.25) is 10.0 Å². The van der Waals surface area contributed by atoms with Gasteiger partial charge in [-0.3, -0.25) is 14.6 Å². The van der Waals surface area contributed by atoms with E-state index in [-0.39, 0.29) is 23.9 Å². The molecule has 1 heterocycles. The molecule has 0 bridgehead atoms. The van der Waals surface area contributed by atoms with Gasteiger partial charge in [-0.15, -0.1) is 0 Å². The maximum atomic E-state index is 12.2. The average molecular weight is 320 g/mol. The molecular formula is C13H15Cl2NO4. The van der Waals surface area contributed by atoms with E-state index < -0.39 is 17.4 Å². The Hall–Kier alpha value is -1.33. The number of hydrogen-bond acceptors (Lipinski definition) is 5. The van der Waals surface area contributed by atoms with Crippen molar-refractivity contribution in [3.05, 3.63) is 28.0 Å². The third-order valence-corrected chi connectivity index (χ3v) is 3.14. The summed E-state index contributed by atoms with van der Waals surface area (Å²) in [6.45, 7) is 4.89. The largest absolute Gasteiger partial charge is 0.465 e. The van der Waals surface area contributed by atoms with Gasteiger partial charge in [0.1, 0.15) is 0 Å². The Balaban J connectivity index is 3.36. The number of ether oxygens (including phenoxy) is 2. The highest BCUT2D eigenvalue weighted by Crippen LogP contribution is 2.32. The van der Waals surface area contributed by atoms with Gasteiger partial charge in [0.25, 0.3) is 0 Å². The fourth-order valence-corrected chi connectivity index (χ4v) is 2.18. The van der Waals surface area contributed by atoms with Gasteiger partial charge < -0.3 is 9.47 Å². The van der Waals surface area contributed by atoms with E-state index in [1.54, 1.807) is 13.8 Å². The van der Waals surface area contributed by atoms with E-state index >= 15 is 0 Å². The third-order valence-electron chi connectivity index (χ3n) is 2.65. The second kappa shape index (κ2) is 6.90. The maximum absolute atomic E-state index is 12.2. The molecule has 1 rings (SSSR count). The lowest BCUT2D eigenvalue weighted by molar-refractivity contribution is -0.164. The molecule has 0 atom stereocenters. The number of aromatic nitrogens is 1. The summed E-state index contributed by atoms with van der Waals surface area (Å²) in [5.41, 5.74) is -1.67. The molecule has 0 N–H and O–H groups in total. The van der Waals surface area contributed by atoms with Crippen LogP contribution in [-0.2, 0) is 24.5 Å². The van der Waals surface area contributed by atoms with Gasteiger partial charge in [0, 0.05) is 6.20 Å². The second-order valence-corrected chi connectivity index (χ2v) is 4.89. The predicted molar refractivity (Wildman–Crippen MR) is 74.9 cm³/mol. The number of rotatable bonds is 5. The van der Waals surface area contributed by atoms with Crippen molar-refractivity contribution in [2.75, 3.05) is 13.2 Å². The van der Waals surface area contributed by atoms with Crippen molar-refractivity contribution in [3.63, 3.8) is 0 Å². The van der Waals surface area contributed by atoms with Crippen molar-refractivity contribution in [3.8, 4) is 0 Å². The van der Waals surface area contributed by atoms with Crippen LogP contribution in [0, 0.1) is 0 Å². The standard InChI is InChI=1S/C13H15Cl2NO4/c1-4-19-11(17)13(3,12(18)20-5-2)10-9(15)6-8(14)7-16-10/h6-7H,4-5H2,1-3H3. The highest BCUT2D eigenvalue weighted by atomic mass is 35.5. The van der Waals surface area contributed by atoms with Crippen LogP contribution in [0.3, 0.4) is 0 Å². The fourth-order valence-electron chi connectivity index (χ4n) is 1.61. The van der Waals surface area contributed by atoms with Crippen molar-refractivity contribution in [2.24, 2.45) is 0 Å². The Labute approximate surface area is 127 Å². The highest BCUT2D eigenvalue weighted by Gasteiger charge is 2.48. The van der Waals surface area contributed by atoms with E-state index in [1.807, 2.05) is 0 Å². The van der Waals surface area contributed by atoms with E-state index in [1.165, 1.54) is 19.2 Å². The fraction of sp³-hybridized carbons (Fsp3) is 0.462. The molecule has 0 saturated heterocycles. The Morgan fingerprint density at radius 2 is 1.70 bits per heavy atom. The number of nitrogens with zero attached hydrogens (tertiary/aromatic N) is 1. The Kier molecular flexibility index (Phi) is 5.77. The molecule has 1 aromatic rings. The molecule has 7 heteroatoms. The Morgan fingerprint density at radius 1 is 1.20 bits per heavy atom. The summed E-state index contributed by atoms with van der Waals surface area (Å²) in [4.78, 5) is 28.3. The van der Waals surface area contributed by atoms with E-state index in [0.717, 1.165) is 0 Å². The summed E-state index contributed by atoms with van der Waals surface area (Å²) in [7, 11) is 0. The lowest BCUT2D eigenvalue weighted by Crippen LogP contribution is -2.44. The number of halogens is 2. The molecular weight excluding hydrogens is 305 g/mol. The first-order chi connectivity index (χ1) is 9.37. The predicted octanol–water partition coefficient (Wildman–Crippen LogP) is 2.77. The molecule has 110 valence electrons. The molecule has 5 nitrogen and oxygen atoms in total. The van der Waals surface area contributed by atoms with Gasteiger partial charge in [-0.25, -0.2) is 0 Å². The zero-order valence-corrected chi connectivity index (χ0v) is 12.9. The van der Waals surface area contributed by atoms with E-state index in [9.17, 15) is 9.59 Å². The summed E-state index contributed by atoms with van der Waals surface area (Å²) in [5, 5.41) is 0.398. The smallest absolute Gasteiger partial charge is 0.329 e. The first kappa shape index (κ1) is 16.7. The van der Waals surface area contributed by atoms with Crippen molar-refractivity contribution in [1.29, 1.82) is 0 Å². The number of pyridine rings is 1. The molecule has 0 amide bonds. The topological polar surface area (TPSA) is 65.5 Å². The highest BCUT2D eigenvalue weighted by molar-refractivity contribution is 6.35. The zero-order valence-electron chi connectivity index (χ0n) is 11.4. The van der Waals surface area contributed by atoms with Gasteiger partial charge in [-0.1, -0.05) is 23.2 Å². The minimum atomic E-state index is -1.73. The third kappa shape index (κ3) is 3.22. The first-order valence-corrected chi connectivity index (χ1v) is 6.79. The van der Waals surface area contributed by atoms with Gasteiger partial charge >= 0.3 is 11.9 Å². The van der Waals surface area contributed by atoms with E-state index in [0.29, 0.717) is 5.02 Å². The molecule has 0 fully saturated rings. The molecule has 0 aromatic carbocycles. The monoisotopic (exact) mass is 319 g/mol. The summed E-state index contributed by atoms with van der Waals surface area (Å²) in [6, 6.07) is 1.40. The molecule has 20 heavy (non-hydrogen) atoms. The van der Waals surface area contributed by atoms with Crippen LogP contribution in [0.15, 0.2) is 12.3 Å². The van der Waals surface area contributed by atoms with Crippen LogP contribution >= 0.6 is 23.2 Å². The summed E-state index contributed by atoms with van der Waals surface area (Å²) in [6.07, 6.45) is 1.31. The van der Waals surface area contributed by atoms with Gasteiger partial charge in [-0.05, 0) is 26.8 Å². The first-order valence-electron chi connectivity index (χ1n) is 6.03. The lowest BCUT2D eigenvalue weighted by atomic mass is 9.86. The van der Waals surface area contributed by atoms with Gasteiger partial charge in [0.05, 0.1) is 29.0 Å². The van der Waals surface area contributed by atoms with Crippen LogP contribution < -0.4 is 0 Å². The molecule has 0 saturated carbocycles. The molecule has 0 unspecified atom stereocenters. The molecule has 0 radical (unpaired) electrons. The molecule has 0 aliphatic carbocycles. The summed E-state index contributed by atoms with van der Waals surface area (Å²) < 4.78 is 9.89. The lowest BCUT2D eigenvalue weighted by Gasteiger charge is -2.25. The average Bonchev–Trinajstić information content (AvgIpc) is 2.38. The molecule has 1 aromatic heterocycles. The number of hydrogen-bond donors (Lipinski definition) is 0. The summed E-state index contributed by atoms with van der Waals surface area (Å²) in [5.74, 6) is -1.54. The van der Waals surface area contributed by atoms with Gasteiger partial charge in [-0.2, -0.15) is 0 Å². The number of carbonyl (C=O) groups is 2. The van der Waals surface area contributed by atoms with Crippen LogP contribution in [0.25, 0.3) is 0 Å². The molecule has 0 aliphatic heterocycles. The van der Waals surface area contributed by atoms with Crippen molar-refractivity contribution in [2.45, 2.75) is 26.2 Å². The van der Waals surface area contributed by atoms with Crippen molar-refractivity contribution < 1.29 is 19.1 Å². The van der Waals surface area contributed by atoms with Crippen LogP contribution in [-0.4, -0.2) is 30.1 Å². The summed E-state index contributed by atoms with van der Waals surface area (Å²) >= 11 is 11.8. The van der Waals surface area contributed by atoms with Gasteiger partial charge in [0.15, 0.2) is 0 Å². The van der Waals surface area contributed by atoms with Crippen molar-refractivity contribution >= 4 is 35.1 Å². The number of esters is 2. The number of carbonyl (C=O) groups excluding carboxylic acids is 2. The Morgan fingerprint density at radius 3 is 2.10 bits per heavy atom. The van der Waals surface area contributed by atoms with Crippen molar-refractivity contribution in [1.82, 2.24) is 4.98 Å². The van der Waals surface area contributed by atoms with Crippen LogP contribution in [0.4, 0.5) is 0 Å². The SMILES string of the molecule is CCOC(=O)C(C)(C(=O)OCC)c1ncc(Cl)cc1Cl. The molecule has 0 aliphatic rings. The maximum Gasteiger partial charge on any atom is 0.329 e. The minimum Gasteiger partial charge on any atom is -0.465 e.